The minimum atomic E-state index is -0.543. The Morgan fingerprint density at radius 2 is 1.94 bits per heavy atom. The molecule has 9 nitrogen and oxygen atoms in total. The monoisotopic (exact) mass is 484 g/mol. The lowest BCUT2D eigenvalue weighted by atomic mass is 10.2. The Bertz CT molecular complexity index is 1170. The van der Waals surface area contributed by atoms with E-state index in [9.17, 15) is 9.59 Å². The predicted octanol–water partition coefficient (Wildman–Crippen LogP) is 4.87. The molecular formula is C24H28N4O5S. The zero-order valence-electron chi connectivity index (χ0n) is 19.9. The zero-order valence-corrected chi connectivity index (χ0v) is 20.7. The second-order valence-electron chi connectivity index (χ2n) is 9.11. The molecule has 0 fully saturated rings. The summed E-state index contributed by atoms with van der Waals surface area (Å²) in [6.07, 6.45) is 0.284. The average molecular weight is 485 g/mol. The molecule has 3 heterocycles. The van der Waals surface area contributed by atoms with Gasteiger partial charge < -0.3 is 18.9 Å². The first-order valence-electron chi connectivity index (χ1n) is 11.0. The highest BCUT2D eigenvalue weighted by atomic mass is 32.1. The van der Waals surface area contributed by atoms with Crippen LogP contribution in [0.25, 0.3) is 0 Å². The van der Waals surface area contributed by atoms with Crippen molar-refractivity contribution in [2.45, 2.75) is 59.8 Å². The summed E-state index contributed by atoms with van der Waals surface area (Å²) in [7, 11) is 0. The van der Waals surface area contributed by atoms with E-state index in [1.54, 1.807) is 29.2 Å². The molecule has 180 valence electrons. The molecule has 0 radical (unpaired) electrons. The van der Waals surface area contributed by atoms with E-state index in [-0.39, 0.29) is 12.0 Å². The van der Waals surface area contributed by atoms with Crippen LogP contribution in [0.1, 0.15) is 58.7 Å². The van der Waals surface area contributed by atoms with Crippen LogP contribution in [-0.4, -0.2) is 39.2 Å². The standard InChI is InChI=1S/C24H28N4O5S/c1-14-18(15(2)33-27-14)13-31-17-8-6-16(7-9-17)21(29)26-22-25-19-10-11-28(12-20(19)34-22)23(30)32-24(3,4)5/h6-9H,10-13H2,1-5H3,(H,25,26,29). The van der Waals surface area contributed by atoms with Gasteiger partial charge in [0, 0.05) is 23.4 Å². The lowest BCUT2D eigenvalue weighted by Crippen LogP contribution is -2.39. The number of ether oxygens (including phenoxy) is 2. The molecule has 1 aliphatic rings. The van der Waals surface area contributed by atoms with Gasteiger partial charge in [-0.1, -0.05) is 16.5 Å². The molecule has 3 aromatic rings. The number of nitrogens with zero attached hydrogens (tertiary/aromatic N) is 3. The fourth-order valence-electron chi connectivity index (χ4n) is 3.47. The van der Waals surface area contributed by atoms with Gasteiger partial charge in [0.05, 0.1) is 23.5 Å². The first kappa shape index (κ1) is 23.7. The molecule has 0 aliphatic carbocycles. The van der Waals surface area contributed by atoms with E-state index in [0.29, 0.717) is 42.6 Å². The number of nitrogens with one attached hydrogen (secondary N) is 1. The third kappa shape index (κ3) is 5.56. The van der Waals surface area contributed by atoms with E-state index in [0.717, 1.165) is 27.6 Å². The van der Waals surface area contributed by atoms with Crippen LogP contribution in [0, 0.1) is 13.8 Å². The largest absolute Gasteiger partial charge is 0.489 e. The molecule has 0 saturated carbocycles. The number of hydrogen-bond acceptors (Lipinski definition) is 8. The van der Waals surface area contributed by atoms with Crippen molar-refractivity contribution < 1.29 is 23.6 Å². The van der Waals surface area contributed by atoms with E-state index < -0.39 is 5.60 Å². The van der Waals surface area contributed by atoms with Crippen LogP contribution >= 0.6 is 11.3 Å². The maximum atomic E-state index is 12.7. The third-order valence-electron chi connectivity index (χ3n) is 5.28. The molecule has 0 unspecified atom stereocenters. The Balaban J connectivity index is 1.34. The summed E-state index contributed by atoms with van der Waals surface area (Å²) in [6, 6.07) is 6.91. The Hall–Kier alpha value is -3.40. The Morgan fingerprint density at radius 1 is 1.21 bits per heavy atom. The van der Waals surface area contributed by atoms with Crippen LogP contribution < -0.4 is 10.1 Å². The number of anilines is 1. The van der Waals surface area contributed by atoms with Crippen LogP contribution in [0.5, 0.6) is 5.75 Å². The molecular weight excluding hydrogens is 456 g/mol. The predicted molar refractivity (Wildman–Crippen MR) is 127 cm³/mol. The summed E-state index contributed by atoms with van der Waals surface area (Å²) in [4.78, 5) is 32.2. The second kappa shape index (κ2) is 9.46. The number of thiazole rings is 1. The molecule has 4 rings (SSSR count). The summed E-state index contributed by atoms with van der Waals surface area (Å²) in [6.45, 7) is 10.6. The van der Waals surface area contributed by atoms with E-state index in [4.69, 9.17) is 14.0 Å². The van der Waals surface area contributed by atoms with Crippen LogP contribution in [0.2, 0.25) is 0 Å². The number of hydrogen-bond donors (Lipinski definition) is 1. The molecule has 0 bridgehead atoms. The zero-order chi connectivity index (χ0) is 24.5. The van der Waals surface area contributed by atoms with Crippen molar-refractivity contribution in [3.63, 3.8) is 0 Å². The first-order chi connectivity index (χ1) is 16.1. The minimum absolute atomic E-state index is 0.257. The fourth-order valence-corrected chi connectivity index (χ4v) is 4.49. The molecule has 0 saturated heterocycles. The van der Waals surface area contributed by atoms with Crippen molar-refractivity contribution in [1.82, 2.24) is 15.0 Å². The third-order valence-corrected chi connectivity index (χ3v) is 6.28. The van der Waals surface area contributed by atoms with Gasteiger partial charge in [-0.2, -0.15) is 0 Å². The quantitative estimate of drug-likeness (QED) is 0.550. The average Bonchev–Trinajstić information content (AvgIpc) is 3.32. The lowest BCUT2D eigenvalue weighted by Gasteiger charge is -2.29. The summed E-state index contributed by atoms with van der Waals surface area (Å²) in [5.41, 5.74) is 2.57. The summed E-state index contributed by atoms with van der Waals surface area (Å²) < 4.78 is 16.4. The highest BCUT2D eigenvalue weighted by Crippen LogP contribution is 2.29. The van der Waals surface area contributed by atoms with Crippen molar-refractivity contribution in [1.29, 1.82) is 0 Å². The maximum Gasteiger partial charge on any atom is 0.410 e. The molecule has 1 aliphatic heterocycles. The molecule has 0 spiro atoms. The van der Waals surface area contributed by atoms with Crippen molar-refractivity contribution in [3.05, 3.63) is 57.4 Å². The van der Waals surface area contributed by atoms with Crippen LogP contribution in [0.3, 0.4) is 0 Å². The topological polar surface area (TPSA) is 107 Å². The normalized spacial score (nSPS) is 13.4. The Labute approximate surface area is 202 Å². The van der Waals surface area contributed by atoms with Gasteiger partial charge in [-0.05, 0) is 58.9 Å². The van der Waals surface area contributed by atoms with Gasteiger partial charge in [-0.25, -0.2) is 9.78 Å². The van der Waals surface area contributed by atoms with Gasteiger partial charge in [-0.15, -0.1) is 0 Å². The number of carbonyl (C=O) groups excluding carboxylic acids is 2. The fraction of sp³-hybridized carbons (Fsp3) is 0.417. The molecule has 2 amide bonds. The number of benzene rings is 1. The number of carbonyl (C=O) groups is 2. The second-order valence-corrected chi connectivity index (χ2v) is 10.2. The first-order valence-corrected chi connectivity index (χ1v) is 11.8. The van der Waals surface area contributed by atoms with Crippen molar-refractivity contribution >= 4 is 28.5 Å². The highest BCUT2D eigenvalue weighted by Gasteiger charge is 2.28. The highest BCUT2D eigenvalue weighted by molar-refractivity contribution is 7.15. The number of rotatable bonds is 5. The van der Waals surface area contributed by atoms with Crippen molar-refractivity contribution in [3.8, 4) is 5.75 Å². The number of aryl methyl sites for hydroxylation is 2. The molecule has 0 atom stereocenters. The number of fused-ring (bicyclic) bond motifs is 1. The van der Waals surface area contributed by atoms with Crippen LogP contribution in [-0.2, 0) is 24.3 Å². The van der Waals surface area contributed by atoms with Crippen molar-refractivity contribution in [2.75, 3.05) is 11.9 Å². The number of aromatic nitrogens is 2. The smallest absolute Gasteiger partial charge is 0.410 e. The van der Waals surface area contributed by atoms with Crippen LogP contribution in [0.15, 0.2) is 28.8 Å². The molecule has 34 heavy (non-hydrogen) atoms. The van der Waals surface area contributed by atoms with Gasteiger partial charge in [0.25, 0.3) is 5.91 Å². The lowest BCUT2D eigenvalue weighted by molar-refractivity contribution is 0.0225. The van der Waals surface area contributed by atoms with E-state index in [1.807, 2.05) is 34.6 Å². The minimum Gasteiger partial charge on any atom is -0.489 e. The maximum absolute atomic E-state index is 12.7. The molecule has 1 N–H and O–H groups in total. The Kier molecular flexibility index (Phi) is 6.60. The van der Waals surface area contributed by atoms with Gasteiger partial charge in [0.2, 0.25) is 0 Å². The Morgan fingerprint density at radius 3 is 2.59 bits per heavy atom. The number of amides is 2. The summed E-state index contributed by atoms with van der Waals surface area (Å²) in [5.74, 6) is 1.12. The van der Waals surface area contributed by atoms with E-state index in [2.05, 4.69) is 15.5 Å². The SMILES string of the molecule is Cc1noc(C)c1COc1ccc(C(=O)Nc2nc3c(s2)CN(C(=O)OC(C)(C)C)CC3)cc1. The van der Waals surface area contributed by atoms with E-state index in [1.165, 1.54) is 11.3 Å². The van der Waals surface area contributed by atoms with Gasteiger partial charge in [0.15, 0.2) is 5.13 Å². The summed E-state index contributed by atoms with van der Waals surface area (Å²) >= 11 is 1.38. The van der Waals surface area contributed by atoms with Gasteiger partial charge in [0.1, 0.15) is 23.7 Å². The molecule has 10 heteroatoms. The van der Waals surface area contributed by atoms with Gasteiger partial charge >= 0.3 is 6.09 Å². The van der Waals surface area contributed by atoms with Crippen LogP contribution in [0.4, 0.5) is 9.93 Å². The van der Waals surface area contributed by atoms with Crippen molar-refractivity contribution in [2.24, 2.45) is 0 Å². The van der Waals surface area contributed by atoms with Gasteiger partial charge in [-0.3, -0.25) is 10.1 Å². The van der Waals surface area contributed by atoms with E-state index >= 15 is 0 Å². The molecule has 2 aromatic heterocycles. The molecule has 1 aromatic carbocycles. The summed E-state index contributed by atoms with van der Waals surface area (Å²) in [5, 5.41) is 7.29.